The van der Waals surface area contributed by atoms with Gasteiger partial charge in [0.05, 0.1) is 0 Å². The van der Waals surface area contributed by atoms with Gasteiger partial charge in [-0.05, 0) is 39.0 Å². The number of nitrogens with one attached hydrogen (secondary N) is 1. The van der Waals surface area contributed by atoms with E-state index < -0.39 is 5.97 Å². The number of hydrogen-bond donors (Lipinski definition) is 1. The summed E-state index contributed by atoms with van der Waals surface area (Å²) < 4.78 is 10.9. The van der Waals surface area contributed by atoms with Crippen LogP contribution in [0.15, 0.2) is 28.7 Å². The molecule has 0 aromatic heterocycles. The van der Waals surface area contributed by atoms with Crippen LogP contribution in [0.3, 0.4) is 0 Å². The van der Waals surface area contributed by atoms with Gasteiger partial charge < -0.3 is 14.8 Å². The van der Waals surface area contributed by atoms with Gasteiger partial charge in [0.1, 0.15) is 5.75 Å². The third-order valence-corrected chi connectivity index (χ3v) is 2.52. The van der Waals surface area contributed by atoms with Crippen LogP contribution >= 0.6 is 15.9 Å². The first kappa shape index (κ1) is 16.5. The van der Waals surface area contributed by atoms with E-state index in [1.165, 1.54) is 0 Å². The Morgan fingerprint density at radius 3 is 2.55 bits per heavy atom. The molecule has 0 radical (unpaired) electrons. The molecule has 1 rings (SSSR count). The van der Waals surface area contributed by atoms with Crippen LogP contribution in [-0.2, 0) is 14.3 Å². The lowest BCUT2D eigenvalue weighted by atomic mass is 10.1. The highest BCUT2D eigenvalue weighted by atomic mass is 79.9. The number of hydrogen-bond acceptors (Lipinski definition) is 4. The molecule has 0 unspecified atom stereocenters. The molecule has 0 fully saturated rings. The molecule has 0 saturated carbocycles. The Hall–Kier alpha value is -1.56. The maximum Gasteiger partial charge on any atom is 0.344 e. The average molecular weight is 344 g/mol. The first-order chi connectivity index (χ1) is 9.26. The number of rotatable bonds is 5. The Balaban J connectivity index is 2.29. The normalized spacial score (nSPS) is 10.8. The molecule has 1 N–H and O–H groups in total. The number of carbonyl (C=O) groups is 2. The molecule has 1 amide bonds. The van der Waals surface area contributed by atoms with Gasteiger partial charge in [0.2, 0.25) is 0 Å². The third kappa shape index (κ3) is 7.13. The van der Waals surface area contributed by atoms with Crippen LogP contribution in [0.2, 0.25) is 0 Å². The van der Waals surface area contributed by atoms with E-state index in [2.05, 4.69) is 21.2 Å². The zero-order valence-electron chi connectivity index (χ0n) is 11.7. The Morgan fingerprint density at radius 1 is 1.25 bits per heavy atom. The van der Waals surface area contributed by atoms with E-state index >= 15 is 0 Å². The molecule has 1 aromatic rings. The molecule has 6 heteroatoms. The quantitative estimate of drug-likeness (QED) is 0.833. The number of esters is 1. The van der Waals surface area contributed by atoms with Crippen molar-refractivity contribution in [2.24, 2.45) is 0 Å². The van der Waals surface area contributed by atoms with Gasteiger partial charge in [0.15, 0.2) is 13.2 Å². The number of halogens is 1. The zero-order valence-corrected chi connectivity index (χ0v) is 13.3. The molecule has 0 bridgehead atoms. The minimum Gasteiger partial charge on any atom is -0.482 e. The third-order valence-electron chi connectivity index (χ3n) is 2.03. The molecule has 0 saturated heterocycles. The average Bonchev–Trinajstić information content (AvgIpc) is 2.32. The molecule has 1 aromatic carbocycles. The first-order valence-electron chi connectivity index (χ1n) is 6.11. The van der Waals surface area contributed by atoms with E-state index in [1.54, 1.807) is 18.2 Å². The topological polar surface area (TPSA) is 64.6 Å². The first-order valence-corrected chi connectivity index (χ1v) is 6.90. The van der Waals surface area contributed by atoms with Crippen LogP contribution in [0, 0.1) is 0 Å². The van der Waals surface area contributed by atoms with Gasteiger partial charge in [-0.3, -0.25) is 4.79 Å². The van der Waals surface area contributed by atoms with Crippen LogP contribution in [-0.4, -0.2) is 30.6 Å². The fourth-order valence-corrected chi connectivity index (χ4v) is 1.72. The van der Waals surface area contributed by atoms with E-state index in [9.17, 15) is 9.59 Å². The van der Waals surface area contributed by atoms with Gasteiger partial charge in [-0.2, -0.15) is 0 Å². The van der Waals surface area contributed by atoms with Crippen molar-refractivity contribution in [3.63, 3.8) is 0 Å². The summed E-state index contributed by atoms with van der Waals surface area (Å²) in [7, 11) is 0. The fraction of sp³-hybridized carbons (Fsp3) is 0.429. The van der Waals surface area contributed by atoms with Crippen molar-refractivity contribution in [3.8, 4) is 5.75 Å². The SMILES string of the molecule is CC(C)(C)NC(=O)COC(=O)COc1cccc(Br)c1. The van der Waals surface area contributed by atoms with Crippen molar-refractivity contribution < 1.29 is 19.1 Å². The summed E-state index contributed by atoms with van der Waals surface area (Å²) >= 11 is 3.30. The molecule has 0 aliphatic heterocycles. The van der Waals surface area contributed by atoms with Crippen LogP contribution in [0.25, 0.3) is 0 Å². The van der Waals surface area contributed by atoms with Gasteiger partial charge in [-0.25, -0.2) is 4.79 Å². The van der Waals surface area contributed by atoms with Crippen molar-refractivity contribution in [1.82, 2.24) is 5.32 Å². The van der Waals surface area contributed by atoms with Crippen molar-refractivity contribution in [3.05, 3.63) is 28.7 Å². The Bertz CT molecular complexity index is 482. The minimum atomic E-state index is -0.589. The molecule has 5 nitrogen and oxygen atoms in total. The molecule has 0 spiro atoms. The second-order valence-electron chi connectivity index (χ2n) is 5.20. The number of ether oxygens (including phenoxy) is 2. The fourth-order valence-electron chi connectivity index (χ4n) is 1.34. The van der Waals surface area contributed by atoms with Crippen molar-refractivity contribution in [2.45, 2.75) is 26.3 Å². The standard InChI is InChI=1S/C14H18BrNO4/c1-14(2,3)16-12(17)8-20-13(18)9-19-11-6-4-5-10(15)7-11/h4-7H,8-9H2,1-3H3,(H,16,17). The van der Waals surface area contributed by atoms with E-state index in [-0.39, 0.29) is 24.7 Å². The maximum absolute atomic E-state index is 11.4. The summed E-state index contributed by atoms with van der Waals surface area (Å²) in [5.74, 6) is -0.377. The number of amides is 1. The smallest absolute Gasteiger partial charge is 0.344 e. The van der Waals surface area contributed by atoms with Crippen molar-refractivity contribution in [2.75, 3.05) is 13.2 Å². The van der Waals surface area contributed by atoms with Crippen molar-refractivity contribution >= 4 is 27.8 Å². The summed E-state index contributed by atoms with van der Waals surface area (Å²) in [6.07, 6.45) is 0. The summed E-state index contributed by atoms with van der Waals surface area (Å²) in [6, 6.07) is 7.10. The zero-order chi connectivity index (χ0) is 15.2. The van der Waals surface area contributed by atoms with Gasteiger partial charge >= 0.3 is 5.97 Å². The maximum atomic E-state index is 11.4. The molecule has 0 atom stereocenters. The van der Waals surface area contributed by atoms with Crippen LogP contribution in [0.1, 0.15) is 20.8 Å². The van der Waals surface area contributed by atoms with Crippen molar-refractivity contribution in [1.29, 1.82) is 0 Å². The van der Waals surface area contributed by atoms with Crippen LogP contribution in [0.5, 0.6) is 5.75 Å². The van der Waals surface area contributed by atoms with Gasteiger partial charge in [-0.1, -0.05) is 22.0 Å². The van der Waals surface area contributed by atoms with E-state index in [0.29, 0.717) is 5.75 Å². The Labute approximate surface area is 126 Å². The van der Waals surface area contributed by atoms with E-state index in [1.807, 2.05) is 26.8 Å². The molecule has 20 heavy (non-hydrogen) atoms. The van der Waals surface area contributed by atoms with Crippen LogP contribution in [0.4, 0.5) is 0 Å². The Morgan fingerprint density at radius 2 is 1.95 bits per heavy atom. The molecular weight excluding hydrogens is 326 g/mol. The molecule has 110 valence electrons. The monoisotopic (exact) mass is 343 g/mol. The second kappa shape index (κ2) is 7.28. The highest BCUT2D eigenvalue weighted by Gasteiger charge is 2.15. The van der Waals surface area contributed by atoms with Gasteiger partial charge in [0.25, 0.3) is 5.91 Å². The molecular formula is C14H18BrNO4. The summed E-state index contributed by atoms with van der Waals surface area (Å²) in [4.78, 5) is 22.9. The summed E-state index contributed by atoms with van der Waals surface area (Å²) in [5.41, 5.74) is -0.351. The molecule has 0 aliphatic rings. The number of carbonyl (C=O) groups excluding carboxylic acids is 2. The van der Waals surface area contributed by atoms with E-state index in [4.69, 9.17) is 9.47 Å². The lowest BCUT2D eigenvalue weighted by Gasteiger charge is -2.20. The second-order valence-corrected chi connectivity index (χ2v) is 6.12. The number of benzene rings is 1. The van der Waals surface area contributed by atoms with Gasteiger partial charge in [0, 0.05) is 10.0 Å². The van der Waals surface area contributed by atoms with Gasteiger partial charge in [-0.15, -0.1) is 0 Å². The highest BCUT2D eigenvalue weighted by molar-refractivity contribution is 9.10. The predicted molar refractivity (Wildman–Crippen MR) is 78.5 cm³/mol. The Kier molecular flexibility index (Phi) is 6.01. The summed E-state index contributed by atoms with van der Waals surface area (Å²) in [6.45, 7) is 5.01. The predicted octanol–water partition coefficient (Wildman–Crippen LogP) is 2.29. The minimum absolute atomic E-state index is 0.237. The lowest BCUT2D eigenvalue weighted by Crippen LogP contribution is -2.43. The summed E-state index contributed by atoms with van der Waals surface area (Å²) in [5, 5.41) is 2.69. The molecule has 0 heterocycles. The largest absolute Gasteiger partial charge is 0.482 e. The molecule has 0 aliphatic carbocycles. The van der Waals surface area contributed by atoms with E-state index in [0.717, 1.165) is 4.47 Å². The highest BCUT2D eigenvalue weighted by Crippen LogP contribution is 2.17. The van der Waals surface area contributed by atoms with Crippen LogP contribution < -0.4 is 10.1 Å². The lowest BCUT2D eigenvalue weighted by molar-refractivity contribution is -0.150.